The SMILES string of the molecule is Cc1csc(-c2cc(C3CCCCN3S(C)(=O)=O)nc(C)n2)n1. The van der Waals surface area contributed by atoms with Crippen molar-refractivity contribution in [3.8, 4) is 10.7 Å². The van der Waals surface area contributed by atoms with E-state index in [1.54, 1.807) is 4.31 Å². The molecular formula is C15H20N4O2S2. The number of hydrogen-bond acceptors (Lipinski definition) is 6. The van der Waals surface area contributed by atoms with Crippen LogP contribution in [0.5, 0.6) is 0 Å². The number of rotatable bonds is 3. The van der Waals surface area contributed by atoms with Gasteiger partial charge in [-0.25, -0.2) is 23.4 Å². The van der Waals surface area contributed by atoms with Crippen molar-refractivity contribution in [1.82, 2.24) is 19.3 Å². The largest absolute Gasteiger partial charge is 0.240 e. The Balaban J connectivity index is 2.03. The van der Waals surface area contributed by atoms with E-state index >= 15 is 0 Å². The van der Waals surface area contributed by atoms with Gasteiger partial charge >= 0.3 is 0 Å². The standard InChI is InChI=1S/C15H20N4O2S2/c1-10-9-22-15(16-10)13-8-12(17-11(2)18-13)14-6-4-5-7-19(14)23(3,20)21/h8-9,14H,4-7H2,1-3H3. The number of hydrogen-bond donors (Lipinski definition) is 0. The van der Waals surface area contributed by atoms with Gasteiger partial charge in [-0.05, 0) is 32.8 Å². The Kier molecular flexibility index (Phi) is 4.48. The lowest BCUT2D eigenvalue weighted by molar-refractivity contribution is 0.252. The molecule has 1 atom stereocenters. The number of piperidine rings is 1. The molecule has 3 heterocycles. The van der Waals surface area contributed by atoms with Crippen molar-refractivity contribution in [3.63, 3.8) is 0 Å². The molecular weight excluding hydrogens is 332 g/mol. The number of aromatic nitrogens is 3. The number of thiazole rings is 1. The van der Waals surface area contributed by atoms with Crippen LogP contribution in [0.4, 0.5) is 0 Å². The maximum atomic E-state index is 12.1. The van der Waals surface area contributed by atoms with Gasteiger partial charge in [-0.3, -0.25) is 0 Å². The van der Waals surface area contributed by atoms with E-state index in [0.29, 0.717) is 12.4 Å². The lowest BCUT2D eigenvalue weighted by Gasteiger charge is -2.33. The summed E-state index contributed by atoms with van der Waals surface area (Å²) in [7, 11) is -3.25. The summed E-state index contributed by atoms with van der Waals surface area (Å²) < 4.78 is 25.7. The van der Waals surface area contributed by atoms with Crippen LogP contribution in [0.25, 0.3) is 10.7 Å². The molecule has 3 rings (SSSR count). The van der Waals surface area contributed by atoms with Gasteiger partial charge in [0.2, 0.25) is 10.0 Å². The average Bonchev–Trinajstić information content (AvgIpc) is 2.92. The third-order valence-electron chi connectivity index (χ3n) is 3.92. The van der Waals surface area contributed by atoms with Gasteiger partial charge in [0.1, 0.15) is 16.5 Å². The zero-order valence-corrected chi connectivity index (χ0v) is 15.1. The van der Waals surface area contributed by atoms with Gasteiger partial charge in [0.25, 0.3) is 0 Å². The highest BCUT2D eigenvalue weighted by atomic mass is 32.2. The van der Waals surface area contributed by atoms with E-state index in [4.69, 9.17) is 0 Å². The van der Waals surface area contributed by atoms with Crippen LogP contribution in [0.2, 0.25) is 0 Å². The molecule has 8 heteroatoms. The first kappa shape index (κ1) is 16.5. The minimum absolute atomic E-state index is 0.208. The van der Waals surface area contributed by atoms with Crippen molar-refractivity contribution in [2.24, 2.45) is 0 Å². The molecule has 124 valence electrons. The fraction of sp³-hybridized carbons (Fsp3) is 0.533. The molecule has 1 aliphatic rings. The summed E-state index contributed by atoms with van der Waals surface area (Å²) in [6.07, 6.45) is 3.96. The Hall–Kier alpha value is -1.38. The molecule has 0 spiro atoms. The maximum absolute atomic E-state index is 12.1. The molecule has 0 saturated carbocycles. The van der Waals surface area contributed by atoms with Crippen LogP contribution in [-0.4, -0.2) is 40.5 Å². The van der Waals surface area contributed by atoms with Crippen LogP contribution in [0.15, 0.2) is 11.4 Å². The van der Waals surface area contributed by atoms with E-state index < -0.39 is 10.0 Å². The van der Waals surface area contributed by atoms with E-state index in [1.165, 1.54) is 17.6 Å². The highest BCUT2D eigenvalue weighted by Crippen LogP contribution is 2.33. The maximum Gasteiger partial charge on any atom is 0.211 e. The second-order valence-corrected chi connectivity index (χ2v) is 8.70. The molecule has 1 aliphatic heterocycles. The van der Waals surface area contributed by atoms with E-state index in [1.807, 2.05) is 25.3 Å². The smallest absolute Gasteiger partial charge is 0.211 e. The van der Waals surface area contributed by atoms with Crippen LogP contribution in [0.3, 0.4) is 0 Å². The van der Waals surface area contributed by atoms with Crippen molar-refractivity contribution in [2.75, 3.05) is 12.8 Å². The van der Waals surface area contributed by atoms with Crippen molar-refractivity contribution in [3.05, 3.63) is 28.7 Å². The lowest BCUT2D eigenvalue weighted by Crippen LogP contribution is -2.38. The van der Waals surface area contributed by atoms with Crippen molar-refractivity contribution in [1.29, 1.82) is 0 Å². The molecule has 1 fully saturated rings. The first-order valence-corrected chi connectivity index (χ1v) is 10.3. The van der Waals surface area contributed by atoms with Gasteiger partial charge in [0.05, 0.1) is 18.0 Å². The highest BCUT2D eigenvalue weighted by molar-refractivity contribution is 7.88. The van der Waals surface area contributed by atoms with Gasteiger partial charge < -0.3 is 0 Å². The zero-order valence-electron chi connectivity index (χ0n) is 13.5. The molecule has 1 unspecified atom stereocenters. The number of sulfonamides is 1. The van der Waals surface area contributed by atoms with Gasteiger partial charge in [-0.2, -0.15) is 4.31 Å². The Labute approximate surface area is 140 Å². The van der Waals surface area contributed by atoms with E-state index in [-0.39, 0.29) is 6.04 Å². The molecule has 0 amide bonds. The quantitative estimate of drug-likeness (QED) is 0.849. The van der Waals surface area contributed by atoms with Gasteiger partial charge in [0, 0.05) is 17.6 Å². The second-order valence-electron chi connectivity index (χ2n) is 5.90. The van der Waals surface area contributed by atoms with Crippen molar-refractivity contribution >= 4 is 21.4 Å². The van der Waals surface area contributed by atoms with Crippen molar-refractivity contribution < 1.29 is 8.42 Å². The summed E-state index contributed by atoms with van der Waals surface area (Å²) >= 11 is 1.54. The summed E-state index contributed by atoms with van der Waals surface area (Å²) in [6, 6.07) is 1.68. The Morgan fingerprint density at radius 2 is 2.00 bits per heavy atom. The van der Waals surface area contributed by atoms with Crippen LogP contribution >= 0.6 is 11.3 Å². The zero-order chi connectivity index (χ0) is 16.6. The normalized spacial score (nSPS) is 19.9. The molecule has 0 aliphatic carbocycles. The fourth-order valence-corrected chi connectivity index (χ4v) is 4.83. The molecule has 0 radical (unpaired) electrons. The Bertz CT molecular complexity index is 817. The van der Waals surface area contributed by atoms with Crippen LogP contribution < -0.4 is 0 Å². The first-order chi connectivity index (χ1) is 10.8. The summed E-state index contributed by atoms with van der Waals surface area (Å²) in [6.45, 7) is 4.33. The molecule has 0 aromatic carbocycles. The van der Waals surface area contributed by atoms with E-state index in [9.17, 15) is 8.42 Å². The minimum Gasteiger partial charge on any atom is -0.240 e. The topological polar surface area (TPSA) is 76.1 Å². The second kappa shape index (κ2) is 6.26. The van der Waals surface area contributed by atoms with Gasteiger partial charge in [-0.1, -0.05) is 6.42 Å². The lowest BCUT2D eigenvalue weighted by atomic mass is 10.0. The average molecular weight is 352 g/mol. The summed E-state index contributed by atoms with van der Waals surface area (Å²) in [5, 5.41) is 2.83. The van der Waals surface area contributed by atoms with Gasteiger partial charge in [0.15, 0.2) is 0 Å². The molecule has 1 saturated heterocycles. The van der Waals surface area contributed by atoms with Crippen molar-refractivity contribution in [2.45, 2.75) is 39.2 Å². The predicted octanol–water partition coefficient (Wildman–Crippen LogP) is 2.70. The Morgan fingerprint density at radius 3 is 2.65 bits per heavy atom. The molecule has 23 heavy (non-hydrogen) atoms. The molecule has 2 aromatic rings. The third kappa shape index (κ3) is 3.59. The summed E-state index contributed by atoms with van der Waals surface area (Å²) in [5.74, 6) is 0.643. The molecule has 6 nitrogen and oxygen atoms in total. The number of aryl methyl sites for hydroxylation is 2. The Morgan fingerprint density at radius 1 is 1.22 bits per heavy atom. The van der Waals surface area contributed by atoms with Crippen LogP contribution in [-0.2, 0) is 10.0 Å². The molecule has 0 N–H and O–H groups in total. The van der Waals surface area contributed by atoms with E-state index in [2.05, 4.69) is 15.0 Å². The fourth-order valence-electron chi connectivity index (χ4n) is 2.94. The monoisotopic (exact) mass is 352 g/mol. The molecule has 2 aromatic heterocycles. The first-order valence-electron chi connectivity index (χ1n) is 7.59. The third-order valence-corrected chi connectivity index (χ3v) is 6.19. The van der Waals surface area contributed by atoms with E-state index in [0.717, 1.165) is 41.4 Å². The summed E-state index contributed by atoms with van der Waals surface area (Å²) in [5.41, 5.74) is 2.49. The van der Waals surface area contributed by atoms with Crippen LogP contribution in [0, 0.1) is 13.8 Å². The van der Waals surface area contributed by atoms with Gasteiger partial charge in [-0.15, -0.1) is 11.3 Å². The van der Waals surface area contributed by atoms with Crippen LogP contribution in [0.1, 0.15) is 42.5 Å². The predicted molar refractivity (Wildman–Crippen MR) is 90.8 cm³/mol. The number of nitrogens with zero attached hydrogens (tertiary/aromatic N) is 4. The molecule has 0 bridgehead atoms. The minimum atomic E-state index is -3.25. The highest BCUT2D eigenvalue weighted by Gasteiger charge is 2.32. The summed E-state index contributed by atoms with van der Waals surface area (Å²) in [4.78, 5) is 13.5.